The Morgan fingerprint density at radius 3 is 1.15 bits per heavy atom. The Kier molecular flexibility index (Phi) is 53.8. The molecular weight excluding hydrogens is 225 g/mol. The second-order valence-corrected chi connectivity index (χ2v) is 2.38. The summed E-state index contributed by atoms with van der Waals surface area (Å²) in [4.78, 5) is 8.44. The van der Waals surface area contributed by atoms with E-state index in [-0.39, 0.29) is 73.6 Å². The summed E-state index contributed by atoms with van der Waals surface area (Å²) in [5.74, 6) is 0. The summed E-state index contributed by atoms with van der Waals surface area (Å²) in [6.45, 7) is 4.90. The van der Waals surface area contributed by atoms with Crippen molar-refractivity contribution in [2.24, 2.45) is 0 Å². The number of halogens is 1. The average Bonchev–Trinajstić information content (AvgIpc) is 1.19. The molecule has 0 atom stereocenters. The Morgan fingerprint density at radius 2 is 1.15 bits per heavy atom. The molecule has 0 spiro atoms. The van der Waals surface area contributed by atoms with Gasteiger partial charge < -0.3 is 37.1 Å². The smallest absolute Gasteiger partial charge is 1.00 e. The van der Waals surface area contributed by atoms with Crippen LogP contribution in [0.4, 0.5) is 4.79 Å². The number of hydrogen-bond donors (Lipinski definition) is 1. The first kappa shape index (κ1) is 36.6. The fraction of sp³-hybridized carbons (Fsp3) is 0.800. The molecule has 0 aliphatic rings. The molecule has 64 valence electrons. The number of carbonyl (C=O) groups is 1. The van der Waals surface area contributed by atoms with E-state index in [1.807, 2.05) is 0 Å². The Balaban J connectivity index is -0.0000000146. The second kappa shape index (κ2) is 19.1. The van der Waals surface area contributed by atoms with Crippen LogP contribution in [0.2, 0.25) is 0 Å². The van der Waals surface area contributed by atoms with Gasteiger partial charge in [0.25, 0.3) is 0 Å². The topological polar surface area (TPSA) is 83.4 Å². The molecule has 0 aromatic heterocycles. The van der Waals surface area contributed by atoms with Gasteiger partial charge in [0.05, 0.1) is 0 Å². The van der Waals surface area contributed by atoms with Gasteiger partial charge >= 0.3 is 56.6 Å². The minimum atomic E-state index is -2.08. The minimum Gasteiger partial charge on any atom is -1.00 e. The Hall–Kier alpha value is 1.50. The summed E-state index contributed by atoms with van der Waals surface area (Å²) in [5.41, 5.74) is -0.750. The van der Waals surface area contributed by atoms with Gasteiger partial charge in [-0.3, -0.25) is 0 Å². The molecule has 0 bridgehead atoms. The summed E-state index contributed by atoms with van der Waals surface area (Å²) < 4.78 is 0. The van der Waals surface area contributed by atoms with Crippen LogP contribution in [0.3, 0.4) is 0 Å². The van der Waals surface area contributed by atoms with Crippen LogP contribution in [-0.2, 0) is 0 Å². The summed E-state index contributed by atoms with van der Waals surface area (Å²) in [7, 11) is 0. The molecule has 4 nitrogen and oxygen atoms in total. The van der Waals surface area contributed by atoms with Crippen molar-refractivity contribution in [1.82, 2.24) is 0 Å². The van der Waals surface area contributed by atoms with E-state index in [0.717, 1.165) is 0 Å². The van der Waals surface area contributed by atoms with E-state index in [1.165, 1.54) is 0 Å². The van der Waals surface area contributed by atoms with Crippen LogP contribution in [-0.4, -0.2) is 16.9 Å². The average molecular weight is 235 g/mol. The maximum Gasteiger partial charge on any atom is 1.00 e. The van der Waals surface area contributed by atoms with Crippen LogP contribution in [0.5, 0.6) is 0 Å². The Morgan fingerprint density at radius 1 is 1.15 bits per heavy atom. The van der Waals surface area contributed by atoms with Gasteiger partial charge in [-0.15, -0.1) is 5.60 Å². The minimum absolute atomic E-state index is 0. The molecule has 0 unspecified atom stereocenters. The predicted molar refractivity (Wildman–Crippen MR) is 27.8 cm³/mol. The van der Waals surface area contributed by atoms with Crippen molar-refractivity contribution in [2.75, 3.05) is 0 Å². The molecule has 0 saturated carbocycles. The molecule has 0 amide bonds. The molecule has 0 aliphatic heterocycles. The zero-order valence-electron chi connectivity index (χ0n) is 9.05. The Labute approximate surface area is 125 Å². The number of hydrogen-bond acceptors (Lipinski definition) is 3. The van der Waals surface area contributed by atoms with E-state index in [4.69, 9.17) is 15.0 Å². The fourth-order valence-electron chi connectivity index (χ4n) is 0. The maximum atomic E-state index is 10.1. The van der Waals surface area contributed by atoms with E-state index in [0.29, 0.717) is 0 Å². The van der Waals surface area contributed by atoms with E-state index in [9.17, 15) is 5.11 Å². The van der Waals surface area contributed by atoms with Crippen LogP contribution in [0.15, 0.2) is 0 Å². The van der Waals surface area contributed by atoms with Gasteiger partial charge in [0.1, 0.15) is 0 Å². The van der Waals surface area contributed by atoms with Gasteiger partial charge in [0.2, 0.25) is 6.16 Å². The van der Waals surface area contributed by atoms with Crippen molar-refractivity contribution in [3.05, 3.63) is 0 Å². The van der Waals surface area contributed by atoms with Crippen LogP contribution >= 0.6 is 0 Å². The molecule has 13 heavy (non-hydrogen) atoms. The monoisotopic (exact) mass is 234 g/mol. The normalized spacial score (nSPS) is 6.46. The first-order valence-electron chi connectivity index (χ1n) is 2.34. The molecule has 0 heterocycles. The maximum absolute atomic E-state index is 10.1. The van der Waals surface area contributed by atoms with Gasteiger partial charge in [-0.1, -0.05) is 20.8 Å². The van der Waals surface area contributed by atoms with Crippen molar-refractivity contribution in [3.8, 4) is 0 Å². The van der Waals surface area contributed by atoms with Crippen molar-refractivity contribution in [1.29, 1.82) is 0 Å². The summed E-state index contributed by atoms with van der Waals surface area (Å²) in [5, 5.41) is 25.4. The third-order valence-corrected chi connectivity index (χ3v) is 0. The third kappa shape index (κ3) is 792. The molecule has 1 N–H and O–H groups in total. The van der Waals surface area contributed by atoms with Crippen molar-refractivity contribution in [2.45, 2.75) is 26.4 Å². The zero-order chi connectivity index (χ0) is 8.08. The molecule has 8 heteroatoms. The zero-order valence-corrected chi connectivity index (χ0v) is 10.6. The quantitative estimate of drug-likeness (QED) is 0.422. The van der Waals surface area contributed by atoms with Crippen LogP contribution in [0.25, 0.3) is 0 Å². The molecule has 0 saturated heterocycles. The number of rotatable bonds is 0. The van der Waals surface area contributed by atoms with E-state index in [2.05, 4.69) is 0 Å². The van der Waals surface area contributed by atoms with E-state index < -0.39 is 11.8 Å². The largest absolute Gasteiger partial charge is 1.00 e. The van der Waals surface area contributed by atoms with Gasteiger partial charge in [-0.05, 0) is 0 Å². The van der Waals surface area contributed by atoms with Gasteiger partial charge in [0, 0.05) is 0 Å². The molecule has 0 aromatic rings. The first-order valence-corrected chi connectivity index (χ1v) is 2.34. The fourth-order valence-corrected chi connectivity index (χ4v) is 0. The molecule has 0 fully saturated rings. The van der Waals surface area contributed by atoms with Gasteiger partial charge in [-0.25, -0.2) is 0 Å². The van der Waals surface area contributed by atoms with Crippen LogP contribution in [0.1, 0.15) is 20.8 Å². The molecule has 0 rings (SSSR count). The summed E-state index contributed by atoms with van der Waals surface area (Å²) >= 11 is 0. The molecule has 0 radical (unpaired) electrons. The Bertz CT molecular complexity index is 86.3. The standard InChI is InChI=1S/C4H9O.CH2O3.BrH.3Li/c1-4(2,3)5;2-1(3)4;;;;/h1-3H3;(H2,2,3,4);1H;;;/q-1;;;3*+1/p-2. The van der Waals surface area contributed by atoms with Crippen molar-refractivity contribution < 1.29 is 93.7 Å². The van der Waals surface area contributed by atoms with Gasteiger partial charge in [-0.2, -0.15) is 0 Å². The van der Waals surface area contributed by atoms with Crippen LogP contribution < -0.4 is 83.8 Å². The van der Waals surface area contributed by atoms with Crippen LogP contribution in [0, 0.1) is 0 Å². The summed E-state index contributed by atoms with van der Waals surface area (Å²) in [6.07, 6.45) is -2.08. The SMILES string of the molecule is CC(C)(C)[O-].O=C([O-])O.[Br-].[Li+].[Li+].[Li+]. The van der Waals surface area contributed by atoms with E-state index in [1.54, 1.807) is 20.8 Å². The summed E-state index contributed by atoms with van der Waals surface area (Å²) in [6, 6.07) is 0. The second-order valence-electron chi connectivity index (χ2n) is 2.38. The van der Waals surface area contributed by atoms with Crippen molar-refractivity contribution in [3.63, 3.8) is 0 Å². The molecule has 0 aliphatic carbocycles. The molecule has 0 aromatic carbocycles. The third-order valence-electron chi connectivity index (χ3n) is 0. The predicted octanol–water partition coefficient (Wildman–Crippen LogP) is -13.0. The first-order chi connectivity index (χ1) is 3.73. The van der Waals surface area contributed by atoms with Gasteiger partial charge in [0.15, 0.2) is 0 Å². The molecular formula is C5H10BrLi3O4. The van der Waals surface area contributed by atoms with Crippen molar-refractivity contribution >= 4 is 6.16 Å². The number of carboxylic acid groups (broad SMARTS) is 2. The van der Waals surface area contributed by atoms with E-state index >= 15 is 0 Å².